The number of hydrogen-bond acceptors (Lipinski definition) is 6. The monoisotopic (exact) mass is 540 g/mol. The van der Waals surface area contributed by atoms with E-state index in [1.807, 2.05) is 20.8 Å². The molecule has 0 spiro atoms. The van der Waals surface area contributed by atoms with Gasteiger partial charge in [-0.2, -0.15) is 0 Å². The smallest absolute Gasteiger partial charge is 0.306 e. The number of hydrogen-bond donors (Lipinski definition) is 2. The number of Topliss-reactive ketones (excluding diaryl/α,β-unsaturated/α-hetero) is 1. The van der Waals surface area contributed by atoms with Gasteiger partial charge >= 0.3 is 5.97 Å². The number of ketones is 2. The van der Waals surface area contributed by atoms with Crippen molar-refractivity contribution in [2.24, 2.45) is 22.7 Å². The Kier molecular flexibility index (Phi) is 6.52. The Morgan fingerprint density at radius 3 is 2.65 bits per heavy atom. The van der Waals surface area contributed by atoms with Crippen LogP contribution in [0.4, 0.5) is 4.39 Å². The van der Waals surface area contributed by atoms with Crippen LogP contribution in [0.5, 0.6) is 0 Å². The van der Waals surface area contributed by atoms with Crippen LogP contribution in [0.3, 0.4) is 0 Å². The van der Waals surface area contributed by atoms with E-state index in [1.54, 1.807) is 6.08 Å². The van der Waals surface area contributed by atoms with E-state index >= 15 is 4.39 Å². The van der Waals surface area contributed by atoms with E-state index in [0.29, 0.717) is 18.4 Å². The van der Waals surface area contributed by atoms with Gasteiger partial charge in [-0.05, 0) is 61.7 Å². The SMILES string of the molecule is CCCCC(=O)O[C@@]1(C(=O)CO)CC[C@H]2[C@@H]3CC(F)C4=CC(=O)C=C[C@]4(C)[C@@]3(Br)[C@@H](O)C[C@@]21C. The van der Waals surface area contributed by atoms with Gasteiger partial charge in [0.15, 0.2) is 11.4 Å². The number of unbranched alkanes of at least 4 members (excludes halogenated alkanes) is 1. The van der Waals surface area contributed by atoms with E-state index in [-0.39, 0.29) is 43.3 Å². The molecule has 4 rings (SSSR count). The molecule has 6 nitrogen and oxygen atoms in total. The summed E-state index contributed by atoms with van der Waals surface area (Å²) in [6.45, 7) is 4.86. The lowest BCUT2D eigenvalue weighted by molar-refractivity contribution is -0.197. The fourth-order valence-corrected chi connectivity index (χ4v) is 8.60. The summed E-state index contributed by atoms with van der Waals surface area (Å²) < 4.78 is 20.6. The number of esters is 1. The molecule has 2 N–H and O–H groups in total. The first-order chi connectivity index (χ1) is 15.9. The van der Waals surface area contributed by atoms with Crippen LogP contribution in [0.2, 0.25) is 0 Å². The van der Waals surface area contributed by atoms with Crippen LogP contribution >= 0.6 is 15.9 Å². The molecule has 0 aromatic heterocycles. The Bertz CT molecular complexity index is 963. The number of aliphatic hydroxyl groups excluding tert-OH is 2. The summed E-state index contributed by atoms with van der Waals surface area (Å²) in [5, 5.41) is 21.5. The third-order valence-electron chi connectivity index (χ3n) is 9.37. The number of halogens is 2. The molecule has 4 aliphatic rings. The van der Waals surface area contributed by atoms with Crippen molar-refractivity contribution in [1.29, 1.82) is 0 Å². The molecule has 3 saturated carbocycles. The topological polar surface area (TPSA) is 101 Å². The molecule has 8 atom stereocenters. The number of allylic oxidation sites excluding steroid dienone is 4. The Balaban J connectivity index is 1.79. The maximum Gasteiger partial charge on any atom is 0.306 e. The molecule has 8 heteroatoms. The van der Waals surface area contributed by atoms with Crippen LogP contribution in [0.15, 0.2) is 23.8 Å². The van der Waals surface area contributed by atoms with E-state index in [2.05, 4.69) is 15.9 Å². The van der Waals surface area contributed by atoms with E-state index in [0.717, 1.165) is 6.42 Å². The summed E-state index contributed by atoms with van der Waals surface area (Å²) >= 11 is 3.86. The van der Waals surface area contributed by atoms with Crippen molar-refractivity contribution in [1.82, 2.24) is 0 Å². The molecule has 4 aliphatic carbocycles. The van der Waals surface area contributed by atoms with E-state index in [4.69, 9.17) is 4.74 Å². The van der Waals surface area contributed by atoms with Crippen LogP contribution in [0.25, 0.3) is 0 Å². The molecule has 0 aromatic rings. The first-order valence-corrected chi connectivity index (χ1v) is 13.0. The Morgan fingerprint density at radius 1 is 1.29 bits per heavy atom. The lowest BCUT2D eigenvalue weighted by Gasteiger charge is -2.64. The van der Waals surface area contributed by atoms with Crippen molar-refractivity contribution in [3.63, 3.8) is 0 Å². The summed E-state index contributed by atoms with van der Waals surface area (Å²) in [6.07, 6.45) is 4.59. The van der Waals surface area contributed by atoms with Gasteiger partial charge in [-0.15, -0.1) is 0 Å². The highest BCUT2D eigenvalue weighted by Crippen LogP contribution is 2.71. The van der Waals surface area contributed by atoms with Crippen molar-refractivity contribution < 1.29 is 33.7 Å². The standard InChI is InChI=1S/C26H34BrFO6/c1-4-5-6-22(33)34-25(21(32)14-29)10-8-16-17-12-19(28)18-11-15(30)7-9-23(18,2)26(17,27)20(31)13-24(16,25)3/h7,9,11,16-17,19-20,29,31H,4-6,8,10,12-14H2,1-3H3/t16-,17-,19?,20-,23-,24-,25+,26-/m0/s1. The van der Waals surface area contributed by atoms with Crippen molar-refractivity contribution in [3.05, 3.63) is 23.8 Å². The van der Waals surface area contributed by atoms with Gasteiger partial charge in [-0.25, -0.2) is 4.39 Å². The fraction of sp³-hybridized carbons (Fsp3) is 0.731. The molecule has 3 fully saturated rings. The zero-order chi connectivity index (χ0) is 25.1. The number of carbonyl (C=O) groups is 3. The van der Waals surface area contributed by atoms with Gasteiger partial charge in [-0.3, -0.25) is 14.4 Å². The molecular weight excluding hydrogens is 507 g/mol. The molecule has 1 unspecified atom stereocenters. The van der Waals surface area contributed by atoms with Crippen LogP contribution < -0.4 is 0 Å². The summed E-state index contributed by atoms with van der Waals surface area (Å²) in [7, 11) is 0. The van der Waals surface area contributed by atoms with E-state index in [1.165, 1.54) is 12.2 Å². The Labute approximate surface area is 208 Å². The molecule has 34 heavy (non-hydrogen) atoms. The molecule has 0 bridgehead atoms. The molecule has 0 amide bonds. The highest BCUT2D eigenvalue weighted by molar-refractivity contribution is 9.10. The quantitative estimate of drug-likeness (QED) is 0.393. The minimum Gasteiger partial charge on any atom is -0.450 e. The normalized spacial score (nSPS) is 45.1. The van der Waals surface area contributed by atoms with Crippen LogP contribution in [0, 0.1) is 22.7 Å². The number of rotatable bonds is 6. The van der Waals surface area contributed by atoms with Gasteiger partial charge in [-0.1, -0.05) is 49.2 Å². The maximum absolute atomic E-state index is 15.6. The van der Waals surface area contributed by atoms with Gasteiger partial charge in [0.2, 0.25) is 5.78 Å². The number of aliphatic hydroxyl groups is 2. The van der Waals surface area contributed by atoms with Crippen molar-refractivity contribution in [3.8, 4) is 0 Å². The van der Waals surface area contributed by atoms with Gasteiger partial charge in [0, 0.05) is 17.3 Å². The third-order valence-corrected chi connectivity index (χ3v) is 11.3. The fourth-order valence-electron chi connectivity index (χ4n) is 7.57. The van der Waals surface area contributed by atoms with E-state index < -0.39 is 51.4 Å². The summed E-state index contributed by atoms with van der Waals surface area (Å²) in [4.78, 5) is 37.9. The number of carbonyl (C=O) groups excluding carboxylic acids is 3. The second-order valence-corrected chi connectivity index (χ2v) is 12.2. The van der Waals surface area contributed by atoms with Gasteiger partial charge in [0.05, 0.1) is 10.4 Å². The summed E-state index contributed by atoms with van der Waals surface area (Å²) in [5.41, 5.74) is -3.11. The minimum absolute atomic E-state index is 0.0816. The predicted octanol–water partition coefficient (Wildman–Crippen LogP) is 3.76. The molecule has 0 aromatic carbocycles. The van der Waals surface area contributed by atoms with Crippen molar-refractivity contribution >= 4 is 33.5 Å². The zero-order valence-corrected chi connectivity index (χ0v) is 21.6. The molecular formula is C26H34BrFO6. The molecule has 0 aliphatic heterocycles. The second kappa shape index (κ2) is 8.63. The molecule has 0 saturated heterocycles. The zero-order valence-electron chi connectivity index (χ0n) is 20.0. The number of alkyl halides is 2. The first-order valence-electron chi connectivity index (χ1n) is 12.2. The van der Waals surface area contributed by atoms with Crippen molar-refractivity contribution in [2.45, 2.75) is 87.9 Å². The average Bonchev–Trinajstić information content (AvgIpc) is 3.07. The van der Waals surface area contributed by atoms with Crippen LogP contribution in [-0.4, -0.2) is 56.6 Å². The highest BCUT2D eigenvalue weighted by atomic mass is 79.9. The summed E-state index contributed by atoms with van der Waals surface area (Å²) in [6, 6.07) is 0. The lowest BCUT2D eigenvalue weighted by Crippen LogP contribution is -2.70. The predicted molar refractivity (Wildman–Crippen MR) is 127 cm³/mol. The number of ether oxygens (including phenoxy) is 1. The van der Waals surface area contributed by atoms with Crippen LogP contribution in [0.1, 0.15) is 65.7 Å². The van der Waals surface area contributed by atoms with Gasteiger partial charge < -0.3 is 14.9 Å². The highest BCUT2D eigenvalue weighted by Gasteiger charge is 2.75. The minimum atomic E-state index is -1.56. The maximum atomic E-state index is 15.6. The molecule has 0 heterocycles. The van der Waals surface area contributed by atoms with Gasteiger partial charge in [0.25, 0.3) is 0 Å². The molecule has 188 valence electrons. The van der Waals surface area contributed by atoms with E-state index in [9.17, 15) is 24.6 Å². The third kappa shape index (κ3) is 3.27. The van der Waals surface area contributed by atoms with Gasteiger partial charge in [0.1, 0.15) is 12.8 Å². The molecule has 0 radical (unpaired) electrons. The first kappa shape index (κ1) is 25.7. The Morgan fingerprint density at radius 2 is 2.00 bits per heavy atom. The largest absolute Gasteiger partial charge is 0.450 e. The number of fused-ring (bicyclic) bond motifs is 5. The second-order valence-electron chi connectivity index (χ2n) is 10.9. The average molecular weight is 541 g/mol. The summed E-state index contributed by atoms with van der Waals surface area (Å²) in [5.74, 6) is -1.97. The van der Waals surface area contributed by atoms with Crippen molar-refractivity contribution in [2.75, 3.05) is 6.61 Å². The Hall–Kier alpha value is -1.38. The van der Waals surface area contributed by atoms with Crippen LogP contribution in [-0.2, 0) is 19.1 Å². The lowest BCUT2D eigenvalue weighted by atomic mass is 9.45.